The fourth-order valence-electron chi connectivity index (χ4n) is 5.70. The Morgan fingerprint density at radius 1 is 1.14 bits per heavy atom. The molecule has 0 bridgehead atoms. The number of aliphatic hydroxyl groups is 3. The van der Waals surface area contributed by atoms with Gasteiger partial charge in [-0.1, -0.05) is 48.3 Å². The minimum Gasteiger partial charge on any atom is -0.393 e. The summed E-state index contributed by atoms with van der Waals surface area (Å²) in [7, 11) is 0. The van der Waals surface area contributed by atoms with E-state index in [0.717, 1.165) is 32.1 Å². The van der Waals surface area contributed by atoms with Crippen molar-refractivity contribution in [3.8, 4) is 0 Å². The van der Waals surface area contributed by atoms with E-state index in [1.807, 2.05) is 13.8 Å². The van der Waals surface area contributed by atoms with Crippen LogP contribution in [-0.4, -0.2) is 33.1 Å². The molecule has 2 unspecified atom stereocenters. The third kappa shape index (κ3) is 5.37. The normalized spacial score (nSPS) is 36.6. The van der Waals surface area contributed by atoms with E-state index in [-0.39, 0.29) is 0 Å². The molecule has 3 rings (SSSR count). The van der Waals surface area contributed by atoms with Crippen molar-refractivity contribution in [1.29, 1.82) is 0 Å². The molecule has 0 aliphatic heterocycles. The van der Waals surface area contributed by atoms with Crippen LogP contribution >= 0.6 is 0 Å². The zero-order valence-corrected chi connectivity index (χ0v) is 18.1. The molecule has 0 aromatic carbocycles. The van der Waals surface area contributed by atoms with Crippen molar-refractivity contribution in [3.63, 3.8) is 0 Å². The van der Waals surface area contributed by atoms with Gasteiger partial charge in [-0.2, -0.15) is 0 Å². The molecule has 0 saturated heterocycles. The Kier molecular flexibility index (Phi) is 6.89. The van der Waals surface area contributed by atoms with Crippen molar-refractivity contribution in [2.45, 2.75) is 109 Å². The van der Waals surface area contributed by atoms with Gasteiger partial charge < -0.3 is 15.3 Å². The molecule has 3 N–H and O–H groups in total. The van der Waals surface area contributed by atoms with Gasteiger partial charge in [0.15, 0.2) is 0 Å². The first-order valence-corrected chi connectivity index (χ1v) is 11.3. The topological polar surface area (TPSA) is 60.7 Å². The highest BCUT2D eigenvalue weighted by molar-refractivity contribution is 5.33. The average Bonchev–Trinajstić information content (AvgIpc) is 2.92. The van der Waals surface area contributed by atoms with Crippen molar-refractivity contribution in [1.82, 2.24) is 0 Å². The van der Waals surface area contributed by atoms with E-state index in [4.69, 9.17) is 0 Å². The quantitative estimate of drug-likeness (QED) is 0.432. The Morgan fingerprint density at radius 2 is 1.86 bits per heavy atom. The van der Waals surface area contributed by atoms with Crippen LogP contribution in [0.15, 0.2) is 34.9 Å². The minimum atomic E-state index is -0.551. The highest BCUT2D eigenvalue weighted by Gasteiger charge is 2.44. The molecular weight excluding hydrogens is 348 g/mol. The third-order valence-corrected chi connectivity index (χ3v) is 7.27. The summed E-state index contributed by atoms with van der Waals surface area (Å²) in [6.07, 6.45) is 17.3. The molecule has 0 amide bonds. The fourth-order valence-corrected chi connectivity index (χ4v) is 5.70. The number of rotatable bonds is 6. The minimum absolute atomic E-state index is 0.295. The van der Waals surface area contributed by atoms with Gasteiger partial charge in [-0.25, -0.2) is 0 Å². The Hall–Kier alpha value is -0.900. The van der Waals surface area contributed by atoms with Gasteiger partial charge in [0.2, 0.25) is 0 Å². The second-order valence-electron chi connectivity index (χ2n) is 10.3. The Morgan fingerprint density at radius 3 is 2.54 bits per heavy atom. The first-order valence-electron chi connectivity index (χ1n) is 11.3. The van der Waals surface area contributed by atoms with Crippen molar-refractivity contribution >= 4 is 0 Å². The summed E-state index contributed by atoms with van der Waals surface area (Å²) >= 11 is 0. The number of unbranched alkanes of at least 4 members (excludes halogenated alkanes) is 1. The predicted octanol–water partition coefficient (Wildman–Crippen LogP) is 5.21. The highest BCUT2D eigenvalue weighted by Crippen LogP contribution is 2.55. The molecular formula is C25H40O3. The average molecular weight is 389 g/mol. The van der Waals surface area contributed by atoms with Crippen LogP contribution in [0.5, 0.6) is 0 Å². The maximum Gasteiger partial charge on any atom is 0.0602 e. The SMILES string of the molecule is CC(C)(O)CCCCC1=CCC2/C(=C/C=C3/CC(O)C[C@H](O)C3)CCC[C@]12C. The maximum absolute atomic E-state index is 9.92. The fraction of sp³-hybridized carbons (Fsp3) is 0.760. The van der Waals surface area contributed by atoms with Crippen LogP contribution in [0.3, 0.4) is 0 Å². The van der Waals surface area contributed by atoms with Crippen molar-refractivity contribution < 1.29 is 15.3 Å². The summed E-state index contributed by atoms with van der Waals surface area (Å²) in [6.45, 7) is 6.26. The lowest BCUT2D eigenvalue weighted by atomic mass is 9.63. The lowest BCUT2D eigenvalue weighted by molar-refractivity contribution is 0.0609. The van der Waals surface area contributed by atoms with Crippen LogP contribution in [0.25, 0.3) is 0 Å². The monoisotopic (exact) mass is 388 g/mol. The number of fused-ring (bicyclic) bond motifs is 1. The number of hydrogen-bond acceptors (Lipinski definition) is 3. The molecule has 0 heterocycles. The van der Waals surface area contributed by atoms with Gasteiger partial charge in [-0.05, 0) is 89.4 Å². The van der Waals surface area contributed by atoms with Gasteiger partial charge >= 0.3 is 0 Å². The molecule has 3 heteroatoms. The maximum atomic E-state index is 9.92. The summed E-state index contributed by atoms with van der Waals surface area (Å²) in [4.78, 5) is 0. The van der Waals surface area contributed by atoms with Gasteiger partial charge in [0.05, 0.1) is 17.8 Å². The van der Waals surface area contributed by atoms with Gasteiger partial charge in [0, 0.05) is 0 Å². The molecule has 4 atom stereocenters. The Bertz CT molecular complexity index is 625. The summed E-state index contributed by atoms with van der Waals surface area (Å²) in [5.41, 5.74) is 4.12. The van der Waals surface area contributed by atoms with Gasteiger partial charge in [-0.15, -0.1) is 0 Å². The largest absolute Gasteiger partial charge is 0.393 e. The van der Waals surface area contributed by atoms with E-state index < -0.39 is 17.8 Å². The Labute approximate surface area is 171 Å². The summed E-state index contributed by atoms with van der Waals surface area (Å²) in [5, 5.41) is 29.8. The van der Waals surface area contributed by atoms with Gasteiger partial charge in [0.25, 0.3) is 0 Å². The van der Waals surface area contributed by atoms with E-state index in [1.165, 1.54) is 24.8 Å². The highest BCUT2D eigenvalue weighted by atomic mass is 16.3. The molecule has 0 radical (unpaired) electrons. The van der Waals surface area contributed by atoms with Crippen molar-refractivity contribution in [3.05, 3.63) is 34.9 Å². The lowest BCUT2D eigenvalue weighted by Crippen LogP contribution is -2.30. The molecule has 3 aliphatic carbocycles. The van der Waals surface area contributed by atoms with Crippen LogP contribution in [-0.2, 0) is 0 Å². The zero-order valence-electron chi connectivity index (χ0n) is 18.1. The number of hydrogen-bond donors (Lipinski definition) is 3. The van der Waals surface area contributed by atoms with Gasteiger partial charge in [-0.3, -0.25) is 0 Å². The molecule has 3 aliphatic rings. The predicted molar refractivity (Wildman–Crippen MR) is 115 cm³/mol. The zero-order chi connectivity index (χ0) is 20.4. The van der Waals surface area contributed by atoms with Crippen LogP contribution in [0.4, 0.5) is 0 Å². The number of allylic oxidation sites excluding steroid dienone is 5. The molecule has 0 aromatic rings. The summed E-state index contributed by atoms with van der Waals surface area (Å²) < 4.78 is 0. The van der Waals surface area contributed by atoms with E-state index >= 15 is 0 Å². The summed E-state index contributed by atoms with van der Waals surface area (Å²) in [5.74, 6) is 0.612. The molecule has 3 nitrogen and oxygen atoms in total. The lowest BCUT2D eigenvalue weighted by Gasteiger charge is -2.41. The van der Waals surface area contributed by atoms with Crippen molar-refractivity contribution in [2.24, 2.45) is 11.3 Å². The standard InChI is InChI=1S/C25H40O3/c1-24(2,28)13-5-4-8-20-11-12-23-19(7-6-14-25(20,23)3)10-9-18-15-21(26)17-22(27)16-18/h9-11,21-23,26-28H,4-8,12-17H2,1-3H3/b18-9-,19-10+/t21?,22-,23?,25-/m1/s1. The molecule has 158 valence electrons. The van der Waals surface area contributed by atoms with E-state index in [1.54, 1.807) is 11.1 Å². The van der Waals surface area contributed by atoms with E-state index in [0.29, 0.717) is 30.6 Å². The Balaban J connectivity index is 1.62. The molecule has 28 heavy (non-hydrogen) atoms. The van der Waals surface area contributed by atoms with Crippen LogP contribution in [0, 0.1) is 11.3 Å². The van der Waals surface area contributed by atoms with E-state index in [2.05, 4.69) is 25.2 Å². The molecule has 2 saturated carbocycles. The second kappa shape index (κ2) is 8.85. The van der Waals surface area contributed by atoms with Crippen molar-refractivity contribution in [2.75, 3.05) is 0 Å². The number of aliphatic hydroxyl groups excluding tert-OH is 2. The van der Waals surface area contributed by atoms with Gasteiger partial charge in [0.1, 0.15) is 0 Å². The van der Waals surface area contributed by atoms with E-state index in [9.17, 15) is 15.3 Å². The first-order chi connectivity index (χ1) is 13.2. The second-order valence-corrected chi connectivity index (χ2v) is 10.3. The van der Waals surface area contributed by atoms with Crippen LogP contribution < -0.4 is 0 Å². The molecule has 0 spiro atoms. The molecule has 2 fully saturated rings. The third-order valence-electron chi connectivity index (χ3n) is 7.27. The summed E-state index contributed by atoms with van der Waals surface area (Å²) in [6, 6.07) is 0. The molecule has 0 aromatic heterocycles. The first kappa shape index (κ1) is 21.8. The van der Waals surface area contributed by atoms with Crippen LogP contribution in [0.2, 0.25) is 0 Å². The van der Waals surface area contributed by atoms with Crippen LogP contribution in [0.1, 0.15) is 91.4 Å². The smallest absolute Gasteiger partial charge is 0.0602 e.